The summed E-state index contributed by atoms with van der Waals surface area (Å²) in [6.07, 6.45) is 0.629. The summed E-state index contributed by atoms with van der Waals surface area (Å²) >= 11 is 0. The van der Waals surface area contributed by atoms with E-state index < -0.39 is 7.14 Å². The van der Waals surface area contributed by atoms with Gasteiger partial charge in [0.1, 0.15) is 6.73 Å². The second-order valence-corrected chi connectivity index (χ2v) is 6.40. The highest BCUT2D eigenvalue weighted by molar-refractivity contribution is 7.62. The molecule has 0 fully saturated rings. The summed E-state index contributed by atoms with van der Waals surface area (Å²) in [4.78, 5) is 10.7. The van der Waals surface area contributed by atoms with Crippen LogP contribution >= 0.6 is 7.14 Å². The Hall–Kier alpha value is -0.340. The van der Waals surface area contributed by atoms with E-state index in [0.717, 1.165) is 0 Å². The highest BCUT2D eigenvalue weighted by atomic mass is 31.2. The predicted octanol–water partition coefficient (Wildman–Crippen LogP) is 0.0652. The number of aliphatic hydroxyl groups is 1. The third-order valence-electron chi connectivity index (χ3n) is 1.15. The molecule has 0 aliphatic heterocycles. The third-order valence-corrected chi connectivity index (χ3v) is 2.45. The summed E-state index contributed by atoms with van der Waals surface area (Å²) in [5.41, 5.74) is 0. The molecular formula is C6H14NO3P. The van der Waals surface area contributed by atoms with Crippen LogP contribution in [0, 0.1) is 0 Å². The van der Waals surface area contributed by atoms with Gasteiger partial charge in [-0.15, -0.1) is 0 Å². The number of nitrogens with one attached hydrogen (secondary N) is 1. The quantitative estimate of drug-likeness (QED) is 0.474. The van der Waals surface area contributed by atoms with Gasteiger partial charge in [-0.2, -0.15) is 0 Å². The Morgan fingerprint density at radius 2 is 2.09 bits per heavy atom. The van der Waals surface area contributed by atoms with Gasteiger partial charge in [-0.25, -0.2) is 0 Å². The number of aliphatic hydroxyl groups excluding tert-OH is 1. The molecule has 2 N–H and O–H groups in total. The van der Waals surface area contributed by atoms with Gasteiger partial charge in [0.15, 0.2) is 0 Å². The van der Waals surface area contributed by atoms with Crippen LogP contribution in [0.1, 0.15) is 6.42 Å². The number of hydrogen-bond acceptors (Lipinski definition) is 3. The van der Waals surface area contributed by atoms with Crippen LogP contribution in [0.4, 0.5) is 0 Å². The van der Waals surface area contributed by atoms with Crippen LogP contribution in [0.25, 0.3) is 0 Å². The Labute approximate surface area is 66.4 Å². The molecule has 0 aromatic rings. The smallest absolute Gasteiger partial charge is 0.222 e. The van der Waals surface area contributed by atoms with Gasteiger partial charge in [-0.3, -0.25) is 4.79 Å². The summed E-state index contributed by atoms with van der Waals surface area (Å²) in [6, 6.07) is 0. The molecule has 0 saturated heterocycles. The van der Waals surface area contributed by atoms with Crippen molar-refractivity contribution in [3.63, 3.8) is 0 Å². The highest BCUT2D eigenvalue weighted by Crippen LogP contribution is 2.36. The van der Waals surface area contributed by atoms with Crippen molar-refractivity contribution in [3.8, 4) is 0 Å². The van der Waals surface area contributed by atoms with E-state index in [2.05, 4.69) is 5.32 Å². The van der Waals surface area contributed by atoms with E-state index >= 15 is 0 Å². The first-order valence-corrected chi connectivity index (χ1v) is 6.16. The SMILES string of the molecule is CP(C)(=O)CCC(=O)NCO. The van der Waals surface area contributed by atoms with E-state index in [1.165, 1.54) is 0 Å². The van der Waals surface area contributed by atoms with Gasteiger partial charge in [0.2, 0.25) is 5.91 Å². The van der Waals surface area contributed by atoms with Crippen LogP contribution in [0.3, 0.4) is 0 Å². The van der Waals surface area contributed by atoms with E-state index in [0.29, 0.717) is 6.16 Å². The average Bonchev–Trinajstić information content (AvgIpc) is 1.83. The standard InChI is InChI=1S/C6H14NO3P/c1-11(2,10)4-3-6(9)7-5-8/h8H,3-5H2,1-2H3,(H,7,9). The van der Waals surface area contributed by atoms with Crippen molar-refractivity contribution in [2.45, 2.75) is 6.42 Å². The summed E-state index contributed by atoms with van der Waals surface area (Å²) in [5.74, 6) is -0.253. The number of rotatable bonds is 4. The number of hydrogen-bond donors (Lipinski definition) is 2. The van der Waals surface area contributed by atoms with Crippen LogP contribution < -0.4 is 5.32 Å². The molecule has 5 heteroatoms. The maximum atomic E-state index is 11.1. The topological polar surface area (TPSA) is 66.4 Å². The van der Waals surface area contributed by atoms with Crippen molar-refractivity contribution in [1.29, 1.82) is 0 Å². The molecule has 66 valence electrons. The molecule has 0 saturated carbocycles. The molecular weight excluding hydrogens is 165 g/mol. The number of carbonyl (C=O) groups is 1. The molecule has 11 heavy (non-hydrogen) atoms. The van der Waals surface area contributed by atoms with Gasteiger partial charge >= 0.3 is 0 Å². The normalized spacial score (nSPS) is 11.2. The first kappa shape index (κ1) is 10.7. The van der Waals surface area contributed by atoms with Gasteiger partial charge < -0.3 is 15.0 Å². The molecule has 0 atom stereocenters. The van der Waals surface area contributed by atoms with Gasteiger partial charge in [-0.05, 0) is 13.3 Å². The molecule has 4 nitrogen and oxygen atoms in total. The van der Waals surface area contributed by atoms with E-state index in [9.17, 15) is 9.36 Å². The molecule has 1 amide bonds. The largest absolute Gasteiger partial charge is 0.377 e. The predicted molar refractivity (Wildman–Crippen MR) is 44.2 cm³/mol. The molecule has 0 heterocycles. The van der Waals surface area contributed by atoms with Crippen molar-refractivity contribution in [1.82, 2.24) is 5.32 Å². The fraction of sp³-hybridized carbons (Fsp3) is 0.833. The lowest BCUT2D eigenvalue weighted by Gasteiger charge is -2.04. The summed E-state index contributed by atoms with van der Waals surface area (Å²) in [6.45, 7) is 2.93. The van der Waals surface area contributed by atoms with Crippen LogP contribution in [-0.2, 0) is 9.36 Å². The zero-order chi connectivity index (χ0) is 8.91. The first-order chi connectivity index (χ1) is 4.95. The summed E-state index contributed by atoms with van der Waals surface area (Å²) < 4.78 is 11.1. The molecule has 0 unspecified atom stereocenters. The van der Waals surface area contributed by atoms with E-state index in [4.69, 9.17) is 5.11 Å². The Morgan fingerprint density at radius 1 is 1.55 bits per heavy atom. The maximum absolute atomic E-state index is 11.1. The molecule has 0 spiro atoms. The zero-order valence-corrected chi connectivity index (χ0v) is 7.73. The molecule has 0 aliphatic carbocycles. The van der Waals surface area contributed by atoms with Gasteiger partial charge in [-0.1, -0.05) is 0 Å². The van der Waals surface area contributed by atoms with Crippen molar-refractivity contribution in [2.24, 2.45) is 0 Å². The minimum atomic E-state index is -2.09. The molecule has 0 bridgehead atoms. The monoisotopic (exact) mass is 179 g/mol. The second kappa shape index (κ2) is 4.52. The van der Waals surface area contributed by atoms with Gasteiger partial charge in [0.05, 0.1) is 7.14 Å². The van der Waals surface area contributed by atoms with Crippen LogP contribution in [0.2, 0.25) is 0 Å². The van der Waals surface area contributed by atoms with Crippen molar-refractivity contribution >= 4 is 13.0 Å². The highest BCUT2D eigenvalue weighted by Gasteiger charge is 2.09. The zero-order valence-electron chi connectivity index (χ0n) is 6.83. The Kier molecular flexibility index (Phi) is 4.38. The first-order valence-electron chi connectivity index (χ1n) is 3.37. The fourth-order valence-electron chi connectivity index (χ4n) is 0.547. The molecule has 0 aromatic heterocycles. The van der Waals surface area contributed by atoms with Crippen molar-refractivity contribution < 1.29 is 14.5 Å². The van der Waals surface area contributed by atoms with Gasteiger partial charge in [0.25, 0.3) is 0 Å². The van der Waals surface area contributed by atoms with Crippen molar-refractivity contribution in [3.05, 3.63) is 0 Å². The minimum Gasteiger partial charge on any atom is -0.377 e. The minimum absolute atomic E-state index is 0.227. The average molecular weight is 179 g/mol. The van der Waals surface area contributed by atoms with Crippen molar-refractivity contribution in [2.75, 3.05) is 26.2 Å². The molecule has 0 aromatic carbocycles. The molecule has 0 aliphatic rings. The lowest BCUT2D eigenvalue weighted by Crippen LogP contribution is -2.24. The van der Waals surface area contributed by atoms with E-state index in [-0.39, 0.29) is 19.1 Å². The summed E-state index contributed by atoms with van der Waals surface area (Å²) in [7, 11) is -2.09. The Morgan fingerprint density at radius 3 is 2.45 bits per heavy atom. The number of carbonyl (C=O) groups excluding carboxylic acids is 1. The lowest BCUT2D eigenvalue weighted by molar-refractivity contribution is -0.121. The van der Waals surface area contributed by atoms with Gasteiger partial charge in [0, 0.05) is 12.6 Å². The maximum Gasteiger partial charge on any atom is 0.222 e. The molecule has 0 rings (SSSR count). The Balaban J connectivity index is 3.55. The fourth-order valence-corrected chi connectivity index (χ4v) is 1.29. The Bertz CT molecular complexity index is 175. The van der Waals surface area contributed by atoms with Crippen LogP contribution in [0.5, 0.6) is 0 Å². The second-order valence-electron chi connectivity index (χ2n) is 2.81. The summed E-state index contributed by atoms with van der Waals surface area (Å²) in [5, 5.41) is 10.5. The van der Waals surface area contributed by atoms with E-state index in [1.54, 1.807) is 13.3 Å². The lowest BCUT2D eigenvalue weighted by atomic mass is 10.5. The van der Waals surface area contributed by atoms with Crippen LogP contribution in [-0.4, -0.2) is 37.2 Å². The van der Waals surface area contributed by atoms with E-state index in [1.807, 2.05) is 0 Å². The number of amides is 1. The molecule has 0 radical (unpaired) electrons. The third kappa shape index (κ3) is 7.56. The van der Waals surface area contributed by atoms with Crippen LogP contribution in [0.15, 0.2) is 0 Å².